The van der Waals surface area contributed by atoms with Crippen molar-refractivity contribution in [1.82, 2.24) is 9.88 Å². The lowest BCUT2D eigenvalue weighted by Crippen LogP contribution is -2.19. The lowest BCUT2D eigenvalue weighted by Gasteiger charge is -2.14. The minimum absolute atomic E-state index is 1.08. The zero-order chi connectivity index (χ0) is 9.10. The first-order valence-corrected chi connectivity index (χ1v) is 4.97. The highest BCUT2D eigenvalue weighted by molar-refractivity contribution is 6.32. The van der Waals surface area contributed by atoms with Gasteiger partial charge < -0.3 is 0 Å². The highest BCUT2D eigenvalue weighted by atomic mass is 15.1. The third-order valence-electron chi connectivity index (χ3n) is 2.54. The first-order valence-electron chi connectivity index (χ1n) is 4.97. The molecular weight excluding hydrogens is 159 g/mol. The smallest absolute Gasteiger partial charge is 0.141 e. The highest BCUT2D eigenvalue weighted by Gasteiger charge is 2.11. The van der Waals surface area contributed by atoms with Gasteiger partial charge in [-0.15, -0.1) is 0 Å². The van der Waals surface area contributed by atoms with Gasteiger partial charge in [0, 0.05) is 18.9 Å². The number of hydrogen-bond acceptors (Lipinski definition) is 2. The Bertz CT molecular complexity index is 282. The molecule has 1 aromatic rings. The summed E-state index contributed by atoms with van der Waals surface area (Å²) in [5.41, 5.74) is 2.61. The van der Waals surface area contributed by atoms with Gasteiger partial charge in [0.25, 0.3) is 0 Å². The van der Waals surface area contributed by atoms with Gasteiger partial charge in [-0.2, -0.15) is 0 Å². The van der Waals surface area contributed by atoms with Crippen LogP contribution in [0.15, 0.2) is 18.5 Å². The van der Waals surface area contributed by atoms with Gasteiger partial charge in [0.15, 0.2) is 0 Å². The van der Waals surface area contributed by atoms with Crippen LogP contribution in [0.2, 0.25) is 0 Å². The SMILES string of the molecule is Bc1cncc(CN2CCCC2)c1. The molecule has 1 saturated heterocycles. The average molecular weight is 174 g/mol. The largest absolute Gasteiger partial charge is 0.299 e. The summed E-state index contributed by atoms with van der Waals surface area (Å²) >= 11 is 0. The number of pyridine rings is 1. The van der Waals surface area contributed by atoms with Crippen molar-refractivity contribution in [2.75, 3.05) is 13.1 Å². The van der Waals surface area contributed by atoms with Crippen molar-refractivity contribution in [3.63, 3.8) is 0 Å². The molecule has 3 heteroatoms. The molecule has 2 rings (SSSR count). The highest BCUT2D eigenvalue weighted by Crippen LogP contribution is 2.10. The molecule has 1 aliphatic rings. The Hall–Kier alpha value is -0.825. The maximum Gasteiger partial charge on any atom is 0.141 e. The zero-order valence-electron chi connectivity index (χ0n) is 8.16. The van der Waals surface area contributed by atoms with Gasteiger partial charge in [-0.25, -0.2) is 0 Å². The fraction of sp³-hybridized carbons (Fsp3) is 0.500. The second-order valence-corrected chi connectivity index (χ2v) is 3.85. The fourth-order valence-electron chi connectivity index (χ4n) is 1.90. The molecule has 0 saturated carbocycles. The molecular formula is C10H15BN2. The summed E-state index contributed by atoms with van der Waals surface area (Å²) in [6.07, 6.45) is 6.61. The van der Waals surface area contributed by atoms with Crippen molar-refractivity contribution in [3.8, 4) is 0 Å². The molecule has 0 atom stereocenters. The van der Waals surface area contributed by atoms with Crippen LogP contribution in [-0.4, -0.2) is 30.8 Å². The lowest BCUT2D eigenvalue weighted by molar-refractivity contribution is 0.331. The molecule has 0 bridgehead atoms. The van der Waals surface area contributed by atoms with Crippen LogP contribution in [0, 0.1) is 0 Å². The second kappa shape index (κ2) is 3.92. The van der Waals surface area contributed by atoms with Gasteiger partial charge in [-0.3, -0.25) is 9.88 Å². The molecule has 68 valence electrons. The van der Waals surface area contributed by atoms with Crippen LogP contribution in [-0.2, 0) is 6.54 Å². The number of aromatic nitrogens is 1. The van der Waals surface area contributed by atoms with E-state index in [0.29, 0.717) is 0 Å². The molecule has 0 N–H and O–H groups in total. The summed E-state index contributed by atoms with van der Waals surface area (Å²) in [7, 11) is 2.10. The van der Waals surface area contributed by atoms with Crippen LogP contribution in [0.25, 0.3) is 0 Å². The van der Waals surface area contributed by atoms with E-state index in [2.05, 4.69) is 23.8 Å². The molecule has 0 amide bonds. The topological polar surface area (TPSA) is 16.1 Å². The van der Waals surface area contributed by atoms with Gasteiger partial charge in [0.1, 0.15) is 7.85 Å². The molecule has 0 aliphatic carbocycles. The molecule has 1 aromatic heterocycles. The molecule has 1 fully saturated rings. The van der Waals surface area contributed by atoms with Crippen molar-refractivity contribution in [2.45, 2.75) is 19.4 Å². The number of rotatable bonds is 2. The Kier molecular flexibility index (Phi) is 2.64. The van der Waals surface area contributed by atoms with Crippen LogP contribution in [0.5, 0.6) is 0 Å². The first-order chi connectivity index (χ1) is 6.34. The predicted octanol–water partition coefficient (Wildman–Crippen LogP) is -0.0642. The third-order valence-corrected chi connectivity index (χ3v) is 2.54. The van der Waals surface area contributed by atoms with E-state index in [9.17, 15) is 0 Å². The Balaban J connectivity index is 2.00. The van der Waals surface area contributed by atoms with Crippen molar-refractivity contribution in [3.05, 3.63) is 24.0 Å². The third kappa shape index (κ3) is 2.31. The molecule has 0 aromatic carbocycles. The molecule has 0 unspecified atom stereocenters. The molecule has 1 aliphatic heterocycles. The van der Waals surface area contributed by atoms with Crippen molar-refractivity contribution in [2.24, 2.45) is 0 Å². The summed E-state index contributed by atoms with van der Waals surface area (Å²) in [5, 5.41) is 0. The maximum atomic E-state index is 4.20. The number of hydrogen-bond donors (Lipinski definition) is 0. The van der Waals surface area contributed by atoms with Gasteiger partial charge >= 0.3 is 0 Å². The minimum Gasteiger partial charge on any atom is -0.299 e. The van der Waals surface area contributed by atoms with E-state index in [0.717, 1.165) is 6.54 Å². The summed E-state index contributed by atoms with van der Waals surface area (Å²) in [4.78, 5) is 6.70. The molecule has 13 heavy (non-hydrogen) atoms. The van der Waals surface area contributed by atoms with Crippen molar-refractivity contribution < 1.29 is 0 Å². The van der Waals surface area contributed by atoms with Crippen LogP contribution in [0.1, 0.15) is 18.4 Å². The van der Waals surface area contributed by atoms with Crippen LogP contribution in [0.3, 0.4) is 0 Å². The standard InChI is InChI=1S/C10H15BN2/c11-10-5-9(6-12-7-10)8-13-3-1-2-4-13/h5-7H,1-4,8,11H2. The summed E-state index contributed by atoms with van der Waals surface area (Å²) < 4.78 is 0. The summed E-state index contributed by atoms with van der Waals surface area (Å²) in [5.74, 6) is 0. The zero-order valence-corrected chi connectivity index (χ0v) is 8.16. The van der Waals surface area contributed by atoms with Gasteiger partial charge in [0.05, 0.1) is 0 Å². The quantitative estimate of drug-likeness (QED) is 0.583. The van der Waals surface area contributed by atoms with E-state index in [-0.39, 0.29) is 0 Å². The molecule has 0 radical (unpaired) electrons. The van der Waals surface area contributed by atoms with Crippen molar-refractivity contribution >= 4 is 13.3 Å². The first kappa shape index (κ1) is 8.76. The fourth-order valence-corrected chi connectivity index (χ4v) is 1.90. The minimum atomic E-state index is 1.08. The van der Waals surface area contributed by atoms with E-state index in [1.54, 1.807) is 0 Å². The molecule has 0 spiro atoms. The number of likely N-dealkylation sites (tertiary alicyclic amines) is 1. The van der Waals surface area contributed by atoms with E-state index >= 15 is 0 Å². The lowest BCUT2D eigenvalue weighted by atomic mass is 9.97. The van der Waals surface area contributed by atoms with Crippen LogP contribution < -0.4 is 5.46 Å². The Morgan fingerprint density at radius 3 is 2.77 bits per heavy atom. The van der Waals surface area contributed by atoms with Gasteiger partial charge in [0.2, 0.25) is 0 Å². The van der Waals surface area contributed by atoms with Crippen molar-refractivity contribution in [1.29, 1.82) is 0 Å². The Morgan fingerprint density at radius 2 is 2.08 bits per heavy atom. The number of nitrogens with zero attached hydrogens (tertiary/aromatic N) is 2. The average Bonchev–Trinajstić information content (AvgIpc) is 2.57. The second-order valence-electron chi connectivity index (χ2n) is 3.85. The molecule has 2 nitrogen and oxygen atoms in total. The normalized spacial score (nSPS) is 17.8. The van der Waals surface area contributed by atoms with E-state index < -0.39 is 0 Å². The molecule has 2 heterocycles. The van der Waals surface area contributed by atoms with Crippen LogP contribution >= 0.6 is 0 Å². The van der Waals surface area contributed by atoms with E-state index in [4.69, 9.17) is 0 Å². The van der Waals surface area contributed by atoms with E-state index in [1.165, 1.54) is 37.0 Å². The van der Waals surface area contributed by atoms with Crippen LogP contribution in [0.4, 0.5) is 0 Å². The Labute approximate surface area is 80.4 Å². The van der Waals surface area contributed by atoms with Gasteiger partial charge in [-0.1, -0.05) is 11.5 Å². The summed E-state index contributed by atoms with van der Waals surface area (Å²) in [6, 6.07) is 2.23. The Morgan fingerprint density at radius 1 is 1.31 bits per heavy atom. The predicted molar refractivity (Wildman–Crippen MR) is 56.9 cm³/mol. The van der Waals surface area contributed by atoms with Gasteiger partial charge in [-0.05, 0) is 31.5 Å². The monoisotopic (exact) mass is 174 g/mol. The summed E-state index contributed by atoms with van der Waals surface area (Å²) in [6.45, 7) is 3.59. The maximum absolute atomic E-state index is 4.20. The van der Waals surface area contributed by atoms with E-state index in [1.807, 2.05) is 12.4 Å².